The van der Waals surface area contributed by atoms with E-state index >= 15 is 0 Å². The van der Waals surface area contributed by atoms with Gasteiger partial charge >= 0.3 is 0 Å². The Kier molecular flexibility index (Phi) is 6.07. The second-order valence-electron chi connectivity index (χ2n) is 6.97. The molecule has 0 bridgehead atoms. The minimum absolute atomic E-state index is 0.0633. The SMILES string of the molecule is O=C(CN1CCCC(F)C1)Nc1ccc(N2CCCCCC2)cc1. The highest BCUT2D eigenvalue weighted by atomic mass is 19.1. The van der Waals surface area contributed by atoms with E-state index < -0.39 is 6.17 Å². The zero-order valence-corrected chi connectivity index (χ0v) is 14.3. The van der Waals surface area contributed by atoms with E-state index in [1.54, 1.807) is 0 Å². The van der Waals surface area contributed by atoms with E-state index in [9.17, 15) is 9.18 Å². The molecule has 3 rings (SSSR count). The summed E-state index contributed by atoms with van der Waals surface area (Å²) in [5.74, 6) is -0.0633. The summed E-state index contributed by atoms with van der Waals surface area (Å²) in [7, 11) is 0. The van der Waals surface area contributed by atoms with Crippen LogP contribution < -0.4 is 10.2 Å². The van der Waals surface area contributed by atoms with Gasteiger partial charge in [0.1, 0.15) is 6.17 Å². The highest BCUT2D eigenvalue weighted by molar-refractivity contribution is 5.92. The van der Waals surface area contributed by atoms with E-state index in [1.165, 1.54) is 31.4 Å². The van der Waals surface area contributed by atoms with E-state index in [0.717, 1.165) is 31.7 Å². The summed E-state index contributed by atoms with van der Waals surface area (Å²) in [6.07, 6.45) is 5.81. The molecule has 1 amide bonds. The van der Waals surface area contributed by atoms with Crippen molar-refractivity contribution in [1.82, 2.24) is 4.90 Å². The fourth-order valence-electron chi connectivity index (χ4n) is 3.63. The number of hydrogen-bond donors (Lipinski definition) is 1. The highest BCUT2D eigenvalue weighted by Crippen LogP contribution is 2.21. The van der Waals surface area contributed by atoms with Crippen molar-refractivity contribution in [3.8, 4) is 0 Å². The Morgan fingerprint density at radius 1 is 1.04 bits per heavy atom. The average Bonchev–Trinajstić information content (AvgIpc) is 2.85. The van der Waals surface area contributed by atoms with Crippen molar-refractivity contribution in [3.63, 3.8) is 0 Å². The fraction of sp³-hybridized carbons (Fsp3) is 0.632. The molecule has 0 spiro atoms. The third kappa shape index (κ3) is 4.94. The second-order valence-corrected chi connectivity index (χ2v) is 6.97. The molecule has 1 atom stereocenters. The molecule has 0 radical (unpaired) electrons. The predicted molar refractivity (Wildman–Crippen MR) is 96.3 cm³/mol. The molecule has 2 saturated heterocycles. The van der Waals surface area contributed by atoms with Crippen molar-refractivity contribution in [1.29, 1.82) is 0 Å². The Morgan fingerprint density at radius 2 is 1.75 bits per heavy atom. The third-order valence-corrected chi connectivity index (χ3v) is 4.94. The number of carbonyl (C=O) groups excluding carboxylic acids is 1. The number of hydrogen-bond acceptors (Lipinski definition) is 3. The molecule has 2 aliphatic rings. The Morgan fingerprint density at radius 3 is 2.42 bits per heavy atom. The topological polar surface area (TPSA) is 35.6 Å². The van der Waals surface area contributed by atoms with Gasteiger partial charge in [0, 0.05) is 31.0 Å². The number of alkyl halides is 1. The molecule has 2 fully saturated rings. The summed E-state index contributed by atoms with van der Waals surface area (Å²) >= 11 is 0. The van der Waals surface area contributed by atoms with Crippen LogP contribution in [0.15, 0.2) is 24.3 Å². The van der Waals surface area contributed by atoms with Crippen molar-refractivity contribution in [3.05, 3.63) is 24.3 Å². The molecular formula is C19H28FN3O. The molecule has 1 aromatic carbocycles. The van der Waals surface area contributed by atoms with Crippen LogP contribution in [0.2, 0.25) is 0 Å². The van der Waals surface area contributed by atoms with Gasteiger partial charge in [0.25, 0.3) is 0 Å². The Hall–Kier alpha value is -1.62. The number of amides is 1. The lowest BCUT2D eigenvalue weighted by molar-refractivity contribution is -0.117. The van der Waals surface area contributed by atoms with Crippen molar-refractivity contribution >= 4 is 17.3 Å². The first kappa shape index (κ1) is 17.2. The lowest BCUT2D eigenvalue weighted by atomic mass is 10.1. The number of carbonyl (C=O) groups is 1. The number of rotatable bonds is 4. The van der Waals surface area contributed by atoms with Gasteiger partial charge in [0.05, 0.1) is 6.54 Å². The normalized spacial score (nSPS) is 22.9. The minimum Gasteiger partial charge on any atom is -0.372 e. The van der Waals surface area contributed by atoms with Crippen LogP contribution in [0, 0.1) is 0 Å². The predicted octanol–water partition coefficient (Wildman–Crippen LogP) is 3.44. The summed E-state index contributed by atoms with van der Waals surface area (Å²) < 4.78 is 13.4. The van der Waals surface area contributed by atoms with Crippen molar-refractivity contribution in [2.45, 2.75) is 44.7 Å². The lowest BCUT2D eigenvalue weighted by Gasteiger charge is -2.28. The number of anilines is 2. The van der Waals surface area contributed by atoms with Gasteiger partial charge in [-0.2, -0.15) is 0 Å². The quantitative estimate of drug-likeness (QED) is 0.917. The second kappa shape index (κ2) is 8.47. The van der Waals surface area contributed by atoms with E-state index in [2.05, 4.69) is 22.3 Å². The first-order valence-corrected chi connectivity index (χ1v) is 9.22. The molecular weight excluding hydrogens is 305 g/mol. The van der Waals surface area contributed by atoms with Crippen LogP contribution in [0.25, 0.3) is 0 Å². The van der Waals surface area contributed by atoms with Crippen molar-refractivity contribution < 1.29 is 9.18 Å². The van der Waals surface area contributed by atoms with Gasteiger partial charge in [-0.1, -0.05) is 12.8 Å². The van der Waals surface area contributed by atoms with Gasteiger partial charge in [-0.3, -0.25) is 9.69 Å². The van der Waals surface area contributed by atoms with Crippen molar-refractivity contribution in [2.24, 2.45) is 0 Å². The van der Waals surface area contributed by atoms with E-state index in [1.807, 2.05) is 17.0 Å². The standard InChI is InChI=1S/C19H28FN3O/c20-16-6-5-11-22(14-16)15-19(24)21-17-7-9-18(10-8-17)23-12-3-1-2-4-13-23/h7-10,16H,1-6,11-15H2,(H,21,24). The summed E-state index contributed by atoms with van der Waals surface area (Å²) in [6, 6.07) is 8.09. The van der Waals surface area contributed by atoms with E-state index in [0.29, 0.717) is 13.0 Å². The molecule has 5 heteroatoms. The number of nitrogens with one attached hydrogen (secondary N) is 1. The maximum absolute atomic E-state index is 13.4. The largest absolute Gasteiger partial charge is 0.372 e. The van der Waals surface area contributed by atoms with Gasteiger partial charge in [-0.15, -0.1) is 0 Å². The van der Waals surface area contributed by atoms with Crippen LogP contribution in [0.4, 0.5) is 15.8 Å². The van der Waals surface area contributed by atoms with Gasteiger partial charge in [-0.05, 0) is 56.5 Å². The van der Waals surface area contributed by atoms with Crippen molar-refractivity contribution in [2.75, 3.05) is 42.9 Å². The lowest BCUT2D eigenvalue weighted by Crippen LogP contribution is -2.41. The van der Waals surface area contributed by atoms with E-state index in [4.69, 9.17) is 0 Å². The third-order valence-electron chi connectivity index (χ3n) is 4.94. The van der Waals surface area contributed by atoms with Crippen LogP contribution >= 0.6 is 0 Å². The van der Waals surface area contributed by atoms with Crippen LogP contribution in [0.3, 0.4) is 0 Å². The monoisotopic (exact) mass is 333 g/mol. The number of benzene rings is 1. The maximum atomic E-state index is 13.4. The molecule has 2 heterocycles. The average molecular weight is 333 g/mol. The van der Waals surface area contributed by atoms with Gasteiger partial charge < -0.3 is 10.2 Å². The molecule has 1 unspecified atom stereocenters. The Balaban J connectivity index is 1.50. The molecule has 2 aliphatic heterocycles. The first-order chi connectivity index (χ1) is 11.7. The summed E-state index contributed by atoms with van der Waals surface area (Å²) in [5, 5.41) is 2.92. The zero-order valence-electron chi connectivity index (χ0n) is 14.3. The van der Waals surface area contributed by atoms with Crippen LogP contribution in [-0.2, 0) is 4.79 Å². The van der Waals surface area contributed by atoms with Crippen LogP contribution in [0.5, 0.6) is 0 Å². The molecule has 1 N–H and O–H groups in total. The molecule has 0 aromatic heterocycles. The van der Waals surface area contributed by atoms with E-state index in [-0.39, 0.29) is 12.5 Å². The molecule has 0 saturated carbocycles. The summed E-state index contributed by atoms with van der Waals surface area (Å²) in [6.45, 7) is 3.69. The highest BCUT2D eigenvalue weighted by Gasteiger charge is 2.20. The number of likely N-dealkylation sites (tertiary alicyclic amines) is 1. The maximum Gasteiger partial charge on any atom is 0.238 e. The van der Waals surface area contributed by atoms with Crippen LogP contribution in [0.1, 0.15) is 38.5 Å². The Labute approximate surface area is 144 Å². The summed E-state index contributed by atoms with van der Waals surface area (Å²) in [4.78, 5) is 16.5. The summed E-state index contributed by atoms with van der Waals surface area (Å²) in [5.41, 5.74) is 2.04. The number of nitrogens with zero attached hydrogens (tertiary/aromatic N) is 2. The molecule has 1 aromatic rings. The fourth-order valence-corrected chi connectivity index (χ4v) is 3.63. The van der Waals surface area contributed by atoms with Gasteiger partial charge in [0.15, 0.2) is 0 Å². The number of piperidine rings is 1. The van der Waals surface area contributed by atoms with Gasteiger partial charge in [0.2, 0.25) is 5.91 Å². The zero-order chi connectivity index (χ0) is 16.8. The molecule has 4 nitrogen and oxygen atoms in total. The van der Waals surface area contributed by atoms with Gasteiger partial charge in [-0.25, -0.2) is 4.39 Å². The molecule has 24 heavy (non-hydrogen) atoms. The molecule has 132 valence electrons. The molecule has 0 aliphatic carbocycles. The minimum atomic E-state index is -0.792. The smallest absolute Gasteiger partial charge is 0.238 e. The Bertz CT molecular complexity index is 526. The number of halogens is 1. The van der Waals surface area contributed by atoms with Crippen LogP contribution in [-0.4, -0.2) is 49.7 Å². The first-order valence-electron chi connectivity index (χ1n) is 9.22.